The van der Waals surface area contributed by atoms with Crippen LogP contribution in [-0.2, 0) is 32.6 Å². The molecular weight excluding hydrogens is 546 g/mol. The van der Waals surface area contributed by atoms with Gasteiger partial charge in [-0.3, -0.25) is 13.9 Å². The normalized spacial score (nSPS) is 12.5. The van der Waals surface area contributed by atoms with E-state index >= 15 is 0 Å². The van der Waals surface area contributed by atoms with E-state index in [-0.39, 0.29) is 31.3 Å². The molecule has 1 unspecified atom stereocenters. The Labute approximate surface area is 252 Å². The van der Waals surface area contributed by atoms with Gasteiger partial charge >= 0.3 is 0 Å². The largest absolute Gasteiger partial charge is 0.350 e. The molecule has 1 N–H and O–H groups in total. The first-order valence-electron chi connectivity index (χ1n) is 14.4. The molecule has 0 spiro atoms. The van der Waals surface area contributed by atoms with Gasteiger partial charge in [-0.15, -0.1) is 0 Å². The molecule has 0 aromatic heterocycles. The van der Waals surface area contributed by atoms with E-state index in [0.717, 1.165) is 27.8 Å². The summed E-state index contributed by atoms with van der Waals surface area (Å²) in [5.41, 5.74) is 5.11. The third kappa shape index (κ3) is 9.44. The average Bonchev–Trinajstić information content (AvgIpc) is 2.90. The molecule has 0 aliphatic rings. The van der Waals surface area contributed by atoms with Crippen molar-refractivity contribution in [3.8, 4) is 0 Å². The lowest BCUT2D eigenvalue weighted by atomic mass is 9.99. The molecular formula is C34H45N3O4S. The molecule has 0 saturated heterocycles. The van der Waals surface area contributed by atoms with E-state index in [1.165, 1.54) is 10.6 Å². The highest BCUT2D eigenvalue weighted by Crippen LogP contribution is 2.23. The van der Waals surface area contributed by atoms with Crippen LogP contribution < -0.4 is 9.62 Å². The monoisotopic (exact) mass is 591 g/mol. The van der Waals surface area contributed by atoms with Crippen LogP contribution in [0.5, 0.6) is 0 Å². The van der Waals surface area contributed by atoms with E-state index in [4.69, 9.17) is 0 Å². The van der Waals surface area contributed by atoms with Gasteiger partial charge in [-0.1, -0.05) is 60.7 Å². The minimum Gasteiger partial charge on any atom is -0.350 e. The summed E-state index contributed by atoms with van der Waals surface area (Å²) in [4.78, 5) is 29.4. The highest BCUT2D eigenvalue weighted by molar-refractivity contribution is 7.92. The first-order chi connectivity index (χ1) is 19.7. The van der Waals surface area contributed by atoms with Crippen molar-refractivity contribution in [2.75, 3.05) is 17.1 Å². The third-order valence-corrected chi connectivity index (χ3v) is 8.50. The minimum absolute atomic E-state index is 0.0941. The standard InChI is InChI=1S/C34H45N3O4S/c1-25-19-20-30(22-27(25)3)37(42(7,40)41)21-13-18-32(38)36(24-29-17-12-11-14-26(29)2)31(33(39)35-34(4,5)6)23-28-15-9-8-10-16-28/h8-12,14-17,19-20,22,31H,13,18,21,23-24H2,1-7H3,(H,35,39). The van der Waals surface area contributed by atoms with Crippen LogP contribution in [0.3, 0.4) is 0 Å². The number of rotatable bonds is 12. The molecule has 1 atom stereocenters. The molecule has 0 heterocycles. The number of benzene rings is 3. The van der Waals surface area contributed by atoms with Gasteiger partial charge in [-0.05, 0) is 87.9 Å². The summed E-state index contributed by atoms with van der Waals surface area (Å²) in [5.74, 6) is -0.419. The van der Waals surface area contributed by atoms with Crippen LogP contribution in [0.25, 0.3) is 0 Å². The zero-order valence-electron chi connectivity index (χ0n) is 26.0. The number of aryl methyl sites for hydroxylation is 3. The lowest BCUT2D eigenvalue weighted by Crippen LogP contribution is -2.54. The maximum absolute atomic E-state index is 14.0. The number of carbonyl (C=O) groups excluding carboxylic acids is 2. The molecule has 0 bridgehead atoms. The van der Waals surface area contributed by atoms with Crippen molar-refractivity contribution in [3.05, 3.63) is 101 Å². The zero-order valence-corrected chi connectivity index (χ0v) is 26.8. The van der Waals surface area contributed by atoms with Crippen LogP contribution >= 0.6 is 0 Å². The first kappa shape index (κ1) is 32.9. The Hall–Kier alpha value is -3.65. The van der Waals surface area contributed by atoms with Crippen LogP contribution in [0.15, 0.2) is 72.8 Å². The molecule has 0 fully saturated rings. The predicted molar refractivity (Wildman–Crippen MR) is 171 cm³/mol. The van der Waals surface area contributed by atoms with Crippen molar-refractivity contribution >= 4 is 27.5 Å². The first-order valence-corrected chi connectivity index (χ1v) is 16.3. The van der Waals surface area contributed by atoms with Crippen molar-refractivity contribution in [1.29, 1.82) is 0 Å². The highest BCUT2D eigenvalue weighted by atomic mass is 32.2. The molecule has 7 nitrogen and oxygen atoms in total. The van der Waals surface area contributed by atoms with Crippen molar-refractivity contribution in [1.82, 2.24) is 10.2 Å². The van der Waals surface area contributed by atoms with Crippen LogP contribution in [0.4, 0.5) is 5.69 Å². The molecule has 3 aromatic rings. The second-order valence-electron chi connectivity index (χ2n) is 12.1. The molecule has 0 radical (unpaired) electrons. The van der Waals surface area contributed by atoms with Crippen molar-refractivity contribution in [2.24, 2.45) is 0 Å². The number of carbonyl (C=O) groups is 2. The summed E-state index contributed by atoms with van der Waals surface area (Å²) in [5, 5.41) is 3.08. The Bertz CT molecular complexity index is 1480. The third-order valence-electron chi connectivity index (χ3n) is 7.30. The Morgan fingerprint density at radius 3 is 2.10 bits per heavy atom. The highest BCUT2D eigenvalue weighted by Gasteiger charge is 2.32. The Morgan fingerprint density at radius 2 is 1.50 bits per heavy atom. The second-order valence-corrected chi connectivity index (χ2v) is 14.0. The van der Waals surface area contributed by atoms with Gasteiger partial charge in [-0.2, -0.15) is 0 Å². The number of nitrogens with one attached hydrogen (secondary N) is 1. The van der Waals surface area contributed by atoms with Crippen molar-refractivity contribution in [2.45, 2.75) is 78.9 Å². The van der Waals surface area contributed by atoms with E-state index in [0.29, 0.717) is 18.5 Å². The number of hydrogen-bond acceptors (Lipinski definition) is 4. The van der Waals surface area contributed by atoms with Gasteiger partial charge in [0, 0.05) is 31.5 Å². The Morgan fingerprint density at radius 1 is 0.857 bits per heavy atom. The number of anilines is 1. The van der Waals surface area contributed by atoms with Gasteiger partial charge < -0.3 is 10.2 Å². The SMILES string of the molecule is Cc1ccc(N(CCCC(=O)N(Cc2ccccc2C)C(Cc2ccccc2)C(=O)NC(C)(C)C)S(C)(=O)=O)cc1C. The molecule has 0 saturated carbocycles. The summed E-state index contributed by atoms with van der Waals surface area (Å²) in [6, 6.07) is 22.3. The number of sulfonamides is 1. The van der Waals surface area contributed by atoms with Gasteiger partial charge in [0.2, 0.25) is 21.8 Å². The van der Waals surface area contributed by atoms with Crippen LogP contribution in [0.1, 0.15) is 61.4 Å². The predicted octanol–water partition coefficient (Wildman–Crippen LogP) is 5.71. The lowest BCUT2D eigenvalue weighted by molar-refractivity contribution is -0.142. The van der Waals surface area contributed by atoms with Crippen LogP contribution in [0, 0.1) is 20.8 Å². The smallest absolute Gasteiger partial charge is 0.243 e. The zero-order chi connectivity index (χ0) is 31.1. The molecule has 3 aromatic carbocycles. The van der Waals surface area contributed by atoms with Crippen LogP contribution in [0.2, 0.25) is 0 Å². The summed E-state index contributed by atoms with van der Waals surface area (Å²) in [7, 11) is -3.57. The van der Waals surface area contributed by atoms with Gasteiger partial charge in [0.1, 0.15) is 6.04 Å². The second kappa shape index (κ2) is 14.0. The molecule has 0 aliphatic carbocycles. The quantitative estimate of drug-likeness (QED) is 0.292. The maximum atomic E-state index is 14.0. The molecule has 42 heavy (non-hydrogen) atoms. The maximum Gasteiger partial charge on any atom is 0.243 e. The number of nitrogens with zero attached hydrogens (tertiary/aromatic N) is 2. The van der Waals surface area contributed by atoms with Gasteiger partial charge in [0.05, 0.1) is 11.9 Å². The summed E-state index contributed by atoms with van der Waals surface area (Å²) >= 11 is 0. The minimum atomic E-state index is -3.57. The fourth-order valence-electron chi connectivity index (χ4n) is 4.86. The number of hydrogen-bond donors (Lipinski definition) is 1. The average molecular weight is 592 g/mol. The van der Waals surface area contributed by atoms with Crippen LogP contribution in [-0.4, -0.2) is 49.5 Å². The fourth-order valence-corrected chi connectivity index (χ4v) is 5.82. The topological polar surface area (TPSA) is 86.8 Å². The van der Waals surface area contributed by atoms with E-state index < -0.39 is 21.6 Å². The van der Waals surface area contributed by atoms with E-state index in [2.05, 4.69) is 5.32 Å². The van der Waals surface area contributed by atoms with Crippen molar-refractivity contribution < 1.29 is 18.0 Å². The van der Waals surface area contributed by atoms with Gasteiger partial charge in [0.25, 0.3) is 0 Å². The molecule has 3 rings (SSSR count). The summed E-state index contributed by atoms with van der Waals surface area (Å²) in [6.07, 6.45) is 1.94. The van der Waals surface area contributed by atoms with Gasteiger partial charge in [-0.25, -0.2) is 8.42 Å². The van der Waals surface area contributed by atoms with E-state index in [1.807, 2.05) is 108 Å². The van der Waals surface area contributed by atoms with Gasteiger partial charge in [0.15, 0.2) is 0 Å². The molecule has 2 amide bonds. The van der Waals surface area contributed by atoms with E-state index in [9.17, 15) is 18.0 Å². The van der Waals surface area contributed by atoms with Crippen molar-refractivity contribution in [3.63, 3.8) is 0 Å². The number of amides is 2. The molecule has 8 heteroatoms. The Balaban J connectivity index is 1.92. The molecule has 226 valence electrons. The molecule has 0 aliphatic heterocycles. The lowest BCUT2D eigenvalue weighted by Gasteiger charge is -2.34. The Kier molecular flexibility index (Phi) is 11.0. The summed E-state index contributed by atoms with van der Waals surface area (Å²) < 4.78 is 26.8. The fraction of sp³-hybridized carbons (Fsp3) is 0.412. The summed E-state index contributed by atoms with van der Waals surface area (Å²) in [6.45, 7) is 12.1. The van der Waals surface area contributed by atoms with E-state index in [1.54, 1.807) is 11.0 Å².